The van der Waals surface area contributed by atoms with Crippen LogP contribution in [0.4, 0.5) is 4.39 Å². The van der Waals surface area contributed by atoms with Crippen LogP contribution in [0.3, 0.4) is 0 Å². The van der Waals surface area contributed by atoms with Gasteiger partial charge in [0.2, 0.25) is 0 Å². The quantitative estimate of drug-likeness (QED) is 0.875. The van der Waals surface area contributed by atoms with Crippen LogP contribution in [0.2, 0.25) is 0 Å². The average molecular weight is 244 g/mol. The summed E-state index contributed by atoms with van der Waals surface area (Å²) in [6.45, 7) is 0.202. The third kappa shape index (κ3) is 2.35. The summed E-state index contributed by atoms with van der Waals surface area (Å²) in [4.78, 5) is 10.9. The molecule has 1 heterocycles. The Labute approximate surface area is 102 Å². The van der Waals surface area contributed by atoms with Crippen LogP contribution in [0.15, 0.2) is 30.6 Å². The molecule has 2 rings (SSSR count). The van der Waals surface area contributed by atoms with Gasteiger partial charge in [-0.2, -0.15) is 10.4 Å². The van der Waals surface area contributed by atoms with E-state index in [1.54, 1.807) is 0 Å². The molecule has 0 unspecified atom stereocenters. The van der Waals surface area contributed by atoms with E-state index in [9.17, 15) is 9.18 Å². The molecule has 0 aliphatic rings. The van der Waals surface area contributed by atoms with E-state index in [1.807, 2.05) is 6.07 Å². The number of rotatable bonds is 3. The van der Waals surface area contributed by atoms with Crippen molar-refractivity contribution in [3.05, 3.63) is 53.1 Å². The van der Waals surface area contributed by atoms with Gasteiger partial charge >= 0.3 is 0 Å². The minimum Gasteiger partial charge on any atom is -0.366 e. The third-order valence-electron chi connectivity index (χ3n) is 2.44. The summed E-state index contributed by atoms with van der Waals surface area (Å²) in [5, 5.41) is 12.8. The Hall–Kier alpha value is -2.68. The first-order chi connectivity index (χ1) is 8.60. The number of nitrogens with zero attached hydrogens (tertiary/aromatic N) is 3. The maximum absolute atomic E-state index is 13.1. The molecular formula is C12H9FN4O. The summed E-state index contributed by atoms with van der Waals surface area (Å²) >= 11 is 0. The van der Waals surface area contributed by atoms with Gasteiger partial charge in [0.25, 0.3) is 5.91 Å². The number of hydrogen-bond acceptors (Lipinski definition) is 3. The summed E-state index contributed by atoms with van der Waals surface area (Å²) in [6.07, 6.45) is 2.78. The van der Waals surface area contributed by atoms with Gasteiger partial charge in [0.15, 0.2) is 0 Å². The van der Waals surface area contributed by atoms with Gasteiger partial charge in [-0.05, 0) is 23.8 Å². The number of carbonyl (C=O) groups is 1. The van der Waals surface area contributed by atoms with E-state index in [0.29, 0.717) is 11.1 Å². The Kier molecular flexibility index (Phi) is 3.06. The fourth-order valence-corrected chi connectivity index (χ4v) is 1.55. The van der Waals surface area contributed by atoms with Crippen LogP contribution in [0.25, 0.3) is 0 Å². The number of hydrogen-bond donors (Lipinski definition) is 1. The van der Waals surface area contributed by atoms with E-state index in [-0.39, 0.29) is 12.1 Å². The van der Waals surface area contributed by atoms with Crippen LogP contribution in [0.5, 0.6) is 0 Å². The normalized spacial score (nSPS) is 10.0. The summed E-state index contributed by atoms with van der Waals surface area (Å²) < 4.78 is 14.5. The Morgan fingerprint density at radius 3 is 2.94 bits per heavy atom. The number of halogens is 1. The topological polar surface area (TPSA) is 84.7 Å². The number of benzene rings is 1. The van der Waals surface area contributed by atoms with E-state index in [4.69, 9.17) is 11.0 Å². The second kappa shape index (κ2) is 4.67. The van der Waals surface area contributed by atoms with Crippen LogP contribution in [-0.2, 0) is 6.54 Å². The molecule has 90 valence electrons. The van der Waals surface area contributed by atoms with Crippen LogP contribution in [0.1, 0.15) is 21.5 Å². The van der Waals surface area contributed by atoms with Crippen molar-refractivity contribution in [2.75, 3.05) is 0 Å². The lowest BCUT2D eigenvalue weighted by molar-refractivity contribution is 0.1000. The number of nitriles is 1. The SMILES string of the molecule is N#Cc1ccc(F)cc1Cn1cc(C(N)=O)cn1. The van der Waals surface area contributed by atoms with Crippen molar-refractivity contribution in [3.63, 3.8) is 0 Å². The number of nitrogens with two attached hydrogens (primary N) is 1. The average Bonchev–Trinajstić information content (AvgIpc) is 2.78. The molecule has 1 amide bonds. The van der Waals surface area contributed by atoms with Gasteiger partial charge in [-0.15, -0.1) is 0 Å². The Balaban J connectivity index is 2.30. The minimum absolute atomic E-state index is 0.202. The number of amides is 1. The van der Waals surface area contributed by atoms with Crippen LogP contribution < -0.4 is 5.73 Å². The van der Waals surface area contributed by atoms with Crippen LogP contribution >= 0.6 is 0 Å². The maximum Gasteiger partial charge on any atom is 0.251 e. The molecule has 0 fully saturated rings. The van der Waals surface area contributed by atoms with E-state index >= 15 is 0 Å². The first-order valence-electron chi connectivity index (χ1n) is 5.11. The molecule has 1 aromatic heterocycles. The lowest BCUT2D eigenvalue weighted by atomic mass is 10.1. The molecule has 6 heteroatoms. The standard InChI is InChI=1S/C12H9FN4O/c13-11-2-1-8(4-14)9(3-11)6-17-7-10(5-16-17)12(15)18/h1-3,5,7H,6H2,(H2,15,18). The second-order valence-electron chi connectivity index (χ2n) is 3.70. The molecule has 0 atom stereocenters. The molecule has 0 bridgehead atoms. The van der Waals surface area contributed by atoms with Crippen molar-refractivity contribution >= 4 is 5.91 Å². The van der Waals surface area contributed by atoms with Crippen molar-refractivity contribution in [1.29, 1.82) is 5.26 Å². The minimum atomic E-state index is -0.582. The largest absolute Gasteiger partial charge is 0.366 e. The molecule has 2 N–H and O–H groups in total. The number of aromatic nitrogens is 2. The highest BCUT2D eigenvalue weighted by atomic mass is 19.1. The summed E-state index contributed by atoms with van der Waals surface area (Å²) in [5.74, 6) is -1.01. The maximum atomic E-state index is 13.1. The van der Waals surface area contributed by atoms with Crippen molar-refractivity contribution < 1.29 is 9.18 Å². The van der Waals surface area contributed by atoms with Crippen molar-refractivity contribution in [2.24, 2.45) is 5.73 Å². The molecule has 0 radical (unpaired) electrons. The van der Waals surface area contributed by atoms with Crippen molar-refractivity contribution in [3.8, 4) is 6.07 Å². The molecule has 18 heavy (non-hydrogen) atoms. The predicted octanol–water partition coefficient (Wildman–Crippen LogP) is 1.04. The van der Waals surface area contributed by atoms with Gasteiger partial charge < -0.3 is 5.73 Å². The van der Waals surface area contributed by atoms with Gasteiger partial charge in [0.05, 0.1) is 29.9 Å². The molecule has 0 saturated carbocycles. The van der Waals surface area contributed by atoms with Crippen molar-refractivity contribution in [2.45, 2.75) is 6.54 Å². The smallest absolute Gasteiger partial charge is 0.251 e. The Morgan fingerprint density at radius 1 is 1.56 bits per heavy atom. The lowest BCUT2D eigenvalue weighted by Gasteiger charge is -2.04. The molecular weight excluding hydrogens is 235 g/mol. The third-order valence-corrected chi connectivity index (χ3v) is 2.44. The fraction of sp³-hybridized carbons (Fsp3) is 0.0833. The summed E-state index contributed by atoms with van der Waals surface area (Å²) in [7, 11) is 0. The lowest BCUT2D eigenvalue weighted by Crippen LogP contribution is -2.09. The molecule has 0 spiro atoms. The van der Waals surface area contributed by atoms with Gasteiger partial charge in [-0.3, -0.25) is 9.48 Å². The van der Waals surface area contributed by atoms with E-state index in [1.165, 1.54) is 35.3 Å². The Bertz CT molecular complexity index is 642. The molecule has 2 aromatic rings. The fourth-order valence-electron chi connectivity index (χ4n) is 1.55. The van der Waals surface area contributed by atoms with Gasteiger partial charge in [-0.25, -0.2) is 4.39 Å². The highest BCUT2D eigenvalue weighted by Gasteiger charge is 2.08. The number of carbonyl (C=O) groups excluding carboxylic acids is 1. The highest BCUT2D eigenvalue weighted by Crippen LogP contribution is 2.12. The molecule has 5 nitrogen and oxygen atoms in total. The predicted molar refractivity (Wildman–Crippen MR) is 61.0 cm³/mol. The van der Waals surface area contributed by atoms with Gasteiger partial charge in [0, 0.05) is 6.20 Å². The van der Waals surface area contributed by atoms with E-state index in [2.05, 4.69) is 5.10 Å². The van der Waals surface area contributed by atoms with Gasteiger partial charge in [0.1, 0.15) is 5.82 Å². The zero-order valence-corrected chi connectivity index (χ0v) is 9.30. The zero-order valence-electron chi connectivity index (χ0n) is 9.30. The van der Waals surface area contributed by atoms with E-state index in [0.717, 1.165) is 0 Å². The molecule has 0 aliphatic carbocycles. The number of primary amides is 1. The summed E-state index contributed by atoms with van der Waals surface area (Å²) in [5.41, 5.74) is 6.23. The highest BCUT2D eigenvalue weighted by molar-refractivity contribution is 5.92. The zero-order chi connectivity index (χ0) is 13.1. The summed E-state index contributed by atoms with van der Waals surface area (Å²) in [6, 6.07) is 5.87. The molecule has 1 aromatic carbocycles. The Morgan fingerprint density at radius 2 is 2.33 bits per heavy atom. The first kappa shape index (κ1) is 11.8. The molecule has 0 aliphatic heterocycles. The van der Waals surface area contributed by atoms with Crippen LogP contribution in [0, 0.1) is 17.1 Å². The second-order valence-corrected chi connectivity index (χ2v) is 3.70. The monoisotopic (exact) mass is 244 g/mol. The van der Waals surface area contributed by atoms with Crippen molar-refractivity contribution in [1.82, 2.24) is 9.78 Å². The first-order valence-corrected chi connectivity index (χ1v) is 5.11. The molecule has 0 saturated heterocycles. The van der Waals surface area contributed by atoms with E-state index < -0.39 is 11.7 Å². The van der Waals surface area contributed by atoms with Crippen LogP contribution in [-0.4, -0.2) is 15.7 Å². The van der Waals surface area contributed by atoms with Gasteiger partial charge in [-0.1, -0.05) is 0 Å².